The van der Waals surface area contributed by atoms with Crippen molar-refractivity contribution in [2.75, 3.05) is 5.32 Å². The van der Waals surface area contributed by atoms with Crippen LogP contribution < -0.4 is 5.32 Å². The number of fused-ring (bicyclic) bond motifs is 2. The van der Waals surface area contributed by atoms with Crippen molar-refractivity contribution in [2.45, 2.75) is 13.0 Å². The molecule has 0 aliphatic rings. The van der Waals surface area contributed by atoms with Gasteiger partial charge >= 0.3 is 0 Å². The summed E-state index contributed by atoms with van der Waals surface area (Å²) >= 11 is 0. The highest BCUT2D eigenvalue weighted by Gasteiger charge is 2.12. The van der Waals surface area contributed by atoms with Gasteiger partial charge in [-0.2, -0.15) is 0 Å². The number of nitrogens with zero attached hydrogens (tertiary/aromatic N) is 3. The Labute approximate surface area is 166 Å². The van der Waals surface area contributed by atoms with E-state index in [1.165, 1.54) is 12.1 Å². The van der Waals surface area contributed by atoms with Crippen molar-refractivity contribution in [1.29, 1.82) is 0 Å². The first-order chi connectivity index (χ1) is 14.2. The Morgan fingerprint density at radius 3 is 2.69 bits per heavy atom. The van der Waals surface area contributed by atoms with Gasteiger partial charge in [-0.15, -0.1) is 0 Å². The molecule has 6 heteroatoms. The summed E-state index contributed by atoms with van der Waals surface area (Å²) in [5.74, 6) is 0.498. The maximum absolute atomic E-state index is 13.2. The molecule has 142 valence electrons. The van der Waals surface area contributed by atoms with Gasteiger partial charge in [-0.05, 0) is 54.4 Å². The first-order valence-corrected chi connectivity index (χ1v) is 9.38. The predicted octanol–water partition coefficient (Wildman–Crippen LogP) is 5.49. The minimum Gasteiger partial charge on any atom is -0.363 e. The monoisotopic (exact) mass is 383 g/mol. The Morgan fingerprint density at radius 2 is 1.83 bits per heavy atom. The van der Waals surface area contributed by atoms with Crippen LogP contribution >= 0.6 is 0 Å². The molecule has 0 fully saturated rings. The second-order valence-electron chi connectivity index (χ2n) is 6.97. The van der Waals surface area contributed by atoms with Crippen LogP contribution in [0, 0.1) is 5.82 Å². The SMILES string of the molecule is CC(Nc1ncnc2ccc(-c3c[nH]c4ncccc34)cc12)c1ccc(F)cc1. The van der Waals surface area contributed by atoms with E-state index < -0.39 is 0 Å². The standard InChI is InChI=1S/C23H18FN5/c1-14(15-4-7-17(24)8-5-15)29-23-19-11-16(6-9-21(19)27-13-28-23)20-12-26-22-18(20)3-2-10-25-22/h2-14H,1H3,(H,25,26)(H,27,28,29). The molecule has 3 aromatic heterocycles. The lowest BCUT2D eigenvalue weighted by atomic mass is 10.0. The number of nitrogens with one attached hydrogen (secondary N) is 2. The summed E-state index contributed by atoms with van der Waals surface area (Å²) in [5.41, 5.74) is 4.84. The summed E-state index contributed by atoms with van der Waals surface area (Å²) in [6, 6.07) is 16.6. The number of rotatable bonds is 4. The molecular weight excluding hydrogens is 365 g/mol. The predicted molar refractivity (Wildman–Crippen MR) is 113 cm³/mol. The Kier molecular flexibility index (Phi) is 4.17. The first-order valence-electron chi connectivity index (χ1n) is 9.38. The molecule has 0 amide bonds. The molecule has 1 unspecified atom stereocenters. The van der Waals surface area contributed by atoms with Crippen molar-refractivity contribution < 1.29 is 4.39 Å². The topological polar surface area (TPSA) is 66.5 Å². The van der Waals surface area contributed by atoms with E-state index in [2.05, 4.69) is 43.5 Å². The summed E-state index contributed by atoms with van der Waals surface area (Å²) in [6.45, 7) is 2.02. The molecule has 1 atom stereocenters. The van der Waals surface area contributed by atoms with Gasteiger partial charge in [0.15, 0.2) is 0 Å². The molecule has 0 aliphatic heterocycles. The summed E-state index contributed by atoms with van der Waals surface area (Å²) in [4.78, 5) is 16.4. The molecule has 0 bridgehead atoms. The van der Waals surface area contributed by atoms with Gasteiger partial charge in [0.25, 0.3) is 0 Å². The largest absolute Gasteiger partial charge is 0.363 e. The van der Waals surface area contributed by atoms with Crippen LogP contribution in [0.5, 0.6) is 0 Å². The third-order valence-electron chi connectivity index (χ3n) is 5.12. The van der Waals surface area contributed by atoms with Gasteiger partial charge in [-0.3, -0.25) is 0 Å². The zero-order valence-corrected chi connectivity index (χ0v) is 15.7. The van der Waals surface area contributed by atoms with Crippen LogP contribution in [-0.2, 0) is 0 Å². The Bertz CT molecular complexity index is 1310. The molecule has 0 saturated carbocycles. The normalized spacial score (nSPS) is 12.3. The van der Waals surface area contributed by atoms with Crippen LogP contribution in [0.25, 0.3) is 33.1 Å². The Morgan fingerprint density at radius 1 is 0.966 bits per heavy atom. The Hall–Kier alpha value is -3.80. The van der Waals surface area contributed by atoms with Crippen LogP contribution in [0.15, 0.2) is 73.3 Å². The van der Waals surface area contributed by atoms with Crippen molar-refractivity contribution in [3.05, 3.63) is 84.7 Å². The molecule has 2 N–H and O–H groups in total. The second kappa shape index (κ2) is 6.98. The summed E-state index contributed by atoms with van der Waals surface area (Å²) in [7, 11) is 0. The number of anilines is 1. The van der Waals surface area contributed by atoms with Crippen molar-refractivity contribution in [2.24, 2.45) is 0 Å². The quantitative estimate of drug-likeness (QED) is 0.431. The van der Waals surface area contributed by atoms with Gasteiger partial charge in [-0.1, -0.05) is 18.2 Å². The maximum atomic E-state index is 13.2. The summed E-state index contributed by atoms with van der Waals surface area (Å²) in [5, 5.41) is 5.43. The van der Waals surface area contributed by atoms with E-state index in [-0.39, 0.29) is 11.9 Å². The van der Waals surface area contributed by atoms with E-state index in [4.69, 9.17) is 0 Å². The highest BCUT2D eigenvalue weighted by molar-refractivity contribution is 5.98. The zero-order chi connectivity index (χ0) is 19.8. The lowest BCUT2D eigenvalue weighted by Crippen LogP contribution is -2.08. The molecule has 2 aromatic carbocycles. The molecule has 0 aliphatic carbocycles. The van der Waals surface area contributed by atoms with Crippen LogP contribution in [0.3, 0.4) is 0 Å². The fourth-order valence-electron chi connectivity index (χ4n) is 3.57. The highest BCUT2D eigenvalue weighted by atomic mass is 19.1. The molecule has 0 radical (unpaired) electrons. The maximum Gasteiger partial charge on any atom is 0.137 e. The number of H-pyrrole nitrogens is 1. The van der Waals surface area contributed by atoms with E-state index in [0.29, 0.717) is 0 Å². The number of benzene rings is 2. The van der Waals surface area contributed by atoms with Crippen LogP contribution in [0.1, 0.15) is 18.5 Å². The van der Waals surface area contributed by atoms with E-state index in [9.17, 15) is 4.39 Å². The smallest absolute Gasteiger partial charge is 0.137 e. The molecule has 5 aromatic rings. The first kappa shape index (κ1) is 17.3. The number of aromatic amines is 1. The molecule has 0 spiro atoms. The van der Waals surface area contributed by atoms with E-state index in [1.54, 1.807) is 24.7 Å². The number of aromatic nitrogens is 4. The van der Waals surface area contributed by atoms with Crippen LogP contribution in [-0.4, -0.2) is 19.9 Å². The minimum atomic E-state index is -0.244. The van der Waals surface area contributed by atoms with E-state index in [1.807, 2.05) is 25.3 Å². The molecule has 3 heterocycles. The summed E-state index contributed by atoms with van der Waals surface area (Å²) in [6.07, 6.45) is 5.30. The van der Waals surface area contributed by atoms with Crippen molar-refractivity contribution in [3.8, 4) is 11.1 Å². The Balaban J connectivity index is 1.56. The number of halogens is 1. The van der Waals surface area contributed by atoms with Gasteiger partial charge in [0.05, 0.1) is 5.52 Å². The fourth-order valence-corrected chi connectivity index (χ4v) is 3.57. The minimum absolute atomic E-state index is 0.0327. The van der Waals surface area contributed by atoms with Crippen molar-refractivity contribution >= 4 is 27.8 Å². The van der Waals surface area contributed by atoms with Gasteiger partial charge in [-0.25, -0.2) is 19.3 Å². The molecule has 29 heavy (non-hydrogen) atoms. The third kappa shape index (κ3) is 3.18. The van der Waals surface area contributed by atoms with Gasteiger partial charge in [0.1, 0.15) is 23.6 Å². The van der Waals surface area contributed by atoms with Crippen molar-refractivity contribution in [3.63, 3.8) is 0 Å². The molecule has 5 rings (SSSR count). The van der Waals surface area contributed by atoms with Gasteiger partial charge in [0.2, 0.25) is 0 Å². The fraction of sp³-hybridized carbons (Fsp3) is 0.0870. The van der Waals surface area contributed by atoms with E-state index >= 15 is 0 Å². The van der Waals surface area contributed by atoms with E-state index in [0.717, 1.165) is 44.4 Å². The zero-order valence-electron chi connectivity index (χ0n) is 15.7. The lowest BCUT2D eigenvalue weighted by molar-refractivity contribution is 0.626. The lowest BCUT2D eigenvalue weighted by Gasteiger charge is -2.16. The number of hydrogen-bond acceptors (Lipinski definition) is 4. The van der Waals surface area contributed by atoms with Crippen LogP contribution in [0.2, 0.25) is 0 Å². The molecule has 5 nitrogen and oxygen atoms in total. The average molecular weight is 383 g/mol. The average Bonchev–Trinajstić information content (AvgIpc) is 3.18. The highest BCUT2D eigenvalue weighted by Crippen LogP contribution is 2.32. The molecule has 0 saturated heterocycles. The third-order valence-corrected chi connectivity index (χ3v) is 5.12. The second-order valence-corrected chi connectivity index (χ2v) is 6.97. The van der Waals surface area contributed by atoms with Gasteiger partial charge < -0.3 is 10.3 Å². The van der Waals surface area contributed by atoms with Gasteiger partial charge in [0, 0.05) is 34.8 Å². The summed E-state index contributed by atoms with van der Waals surface area (Å²) < 4.78 is 13.2. The molecular formula is C23H18FN5. The number of hydrogen-bond donors (Lipinski definition) is 2. The van der Waals surface area contributed by atoms with Crippen molar-refractivity contribution in [1.82, 2.24) is 19.9 Å². The van der Waals surface area contributed by atoms with Crippen LogP contribution in [0.4, 0.5) is 10.2 Å². The number of pyridine rings is 1.